The summed E-state index contributed by atoms with van der Waals surface area (Å²) >= 11 is 0. The first-order chi connectivity index (χ1) is 20.1. The van der Waals surface area contributed by atoms with Crippen LogP contribution < -0.4 is 28.6 Å². The molecule has 1 saturated heterocycles. The molecule has 0 spiro atoms. The van der Waals surface area contributed by atoms with Crippen LogP contribution in [0.25, 0.3) is 17.2 Å². The molecular formula is C30H35N3O8S. The highest BCUT2D eigenvalue weighted by Crippen LogP contribution is 2.38. The van der Waals surface area contributed by atoms with Gasteiger partial charge in [0, 0.05) is 60.8 Å². The number of ether oxygens (including phenoxy) is 4. The van der Waals surface area contributed by atoms with Crippen LogP contribution in [0.4, 0.5) is 11.4 Å². The van der Waals surface area contributed by atoms with Crippen LogP contribution in [0.15, 0.2) is 53.9 Å². The molecule has 1 aliphatic rings. The Hall–Kier alpha value is -4.42. The van der Waals surface area contributed by atoms with Crippen molar-refractivity contribution in [1.29, 1.82) is 0 Å². The molecule has 0 unspecified atom stereocenters. The molecule has 0 atom stereocenters. The Labute approximate surface area is 245 Å². The molecule has 2 N–H and O–H groups in total. The number of carboxylic acids is 1. The lowest BCUT2D eigenvalue weighted by atomic mass is 9.97. The van der Waals surface area contributed by atoms with E-state index in [2.05, 4.69) is 21.6 Å². The number of rotatable bonds is 11. The lowest BCUT2D eigenvalue weighted by Crippen LogP contribution is -2.44. The highest BCUT2D eigenvalue weighted by atomic mass is 32.2. The Kier molecular flexibility index (Phi) is 9.48. The number of aromatic carboxylic acids is 1. The van der Waals surface area contributed by atoms with Crippen LogP contribution in [0.5, 0.6) is 23.0 Å². The summed E-state index contributed by atoms with van der Waals surface area (Å²) in [5.41, 5.74) is 2.44. The molecule has 42 heavy (non-hydrogen) atoms. The molecule has 0 aliphatic carbocycles. The Morgan fingerprint density at radius 2 is 1.48 bits per heavy atom. The van der Waals surface area contributed by atoms with Crippen LogP contribution in [0.1, 0.15) is 15.9 Å². The van der Waals surface area contributed by atoms with E-state index in [0.717, 1.165) is 37.3 Å². The van der Waals surface area contributed by atoms with E-state index >= 15 is 0 Å². The summed E-state index contributed by atoms with van der Waals surface area (Å²) in [5, 5.41) is 11.0. The summed E-state index contributed by atoms with van der Waals surface area (Å²) < 4.78 is 50.4. The standard InChI is InChI=1S/C30H35N3O8S/c1-32-11-13-33(14-12-32)21-7-8-23(30(34)35)25(17-21)26-16-20(6-9-27(26)39-3)31-42(36,37)15-10-24-28(40-4)18-22(38-2)19-29(24)41-5/h6-10,15-19,31H,11-14H2,1-5H3,(H,34,35)/b15-10+. The third-order valence-electron chi connectivity index (χ3n) is 7.02. The SMILES string of the molecule is COc1cc(OC)c(/C=C/S(=O)(=O)Nc2ccc(OC)c(-c3cc(N4CCN(C)CC4)ccc3C(=O)O)c2)c(OC)c1. The van der Waals surface area contributed by atoms with Crippen molar-refractivity contribution in [3.05, 3.63) is 65.1 Å². The molecule has 12 heteroatoms. The number of piperazine rings is 1. The molecule has 11 nitrogen and oxygen atoms in total. The van der Waals surface area contributed by atoms with Gasteiger partial charge in [0.1, 0.15) is 23.0 Å². The molecule has 4 rings (SSSR count). The number of sulfonamides is 1. The van der Waals surface area contributed by atoms with Gasteiger partial charge in [-0.25, -0.2) is 13.2 Å². The lowest BCUT2D eigenvalue weighted by molar-refractivity contribution is 0.0697. The van der Waals surface area contributed by atoms with E-state index in [-0.39, 0.29) is 11.3 Å². The van der Waals surface area contributed by atoms with Crippen LogP contribution in [-0.2, 0) is 10.0 Å². The molecule has 0 radical (unpaired) electrons. The van der Waals surface area contributed by atoms with Gasteiger partial charge in [-0.05, 0) is 49.5 Å². The van der Waals surface area contributed by atoms with E-state index in [0.29, 0.717) is 39.7 Å². The van der Waals surface area contributed by atoms with Crippen LogP contribution in [-0.4, -0.2) is 86.1 Å². The zero-order valence-corrected chi connectivity index (χ0v) is 25.0. The van der Waals surface area contributed by atoms with Crippen molar-refractivity contribution in [2.24, 2.45) is 0 Å². The Bertz CT molecular complexity index is 1560. The molecule has 1 fully saturated rings. The maximum Gasteiger partial charge on any atom is 0.336 e. The first-order valence-corrected chi connectivity index (χ1v) is 14.6. The average Bonchev–Trinajstić information content (AvgIpc) is 2.99. The number of methoxy groups -OCH3 is 4. The summed E-state index contributed by atoms with van der Waals surface area (Å²) in [6.07, 6.45) is 1.37. The zero-order valence-electron chi connectivity index (χ0n) is 24.2. The molecule has 3 aromatic rings. The Balaban J connectivity index is 1.70. The number of nitrogens with zero attached hydrogens (tertiary/aromatic N) is 2. The largest absolute Gasteiger partial charge is 0.496 e. The molecular weight excluding hydrogens is 562 g/mol. The van der Waals surface area contributed by atoms with Crippen LogP contribution in [0, 0.1) is 0 Å². The fraction of sp³-hybridized carbons (Fsp3) is 0.300. The Morgan fingerprint density at radius 3 is 2.05 bits per heavy atom. The minimum absolute atomic E-state index is 0.0739. The average molecular weight is 598 g/mol. The number of benzene rings is 3. The molecule has 0 bridgehead atoms. The second kappa shape index (κ2) is 13.0. The van der Waals surface area contributed by atoms with E-state index in [1.54, 1.807) is 42.5 Å². The maximum atomic E-state index is 13.1. The van der Waals surface area contributed by atoms with Gasteiger partial charge >= 0.3 is 5.97 Å². The maximum absolute atomic E-state index is 13.1. The normalized spacial score (nSPS) is 14.1. The second-order valence-corrected chi connectivity index (χ2v) is 11.2. The molecule has 224 valence electrons. The van der Waals surface area contributed by atoms with Gasteiger partial charge in [0.15, 0.2) is 0 Å². The number of nitrogens with one attached hydrogen (secondary N) is 1. The molecule has 1 heterocycles. The minimum Gasteiger partial charge on any atom is -0.496 e. The molecule has 1 aliphatic heterocycles. The number of hydrogen-bond donors (Lipinski definition) is 2. The van der Waals surface area contributed by atoms with Gasteiger partial charge in [0.25, 0.3) is 10.0 Å². The van der Waals surface area contributed by atoms with Crippen LogP contribution >= 0.6 is 0 Å². The summed E-state index contributed by atoms with van der Waals surface area (Å²) in [6.45, 7) is 3.38. The molecule has 3 aromatic carbocycles. The zero-order chi connectivity index (χ0) is 30.4. The summed E-state index contributed by atoms with van der Waals surface area (Å²) in [4.78, 5) is 16.6. The van der Waals surface area contributed by atoms with Crippen molar-refractivity contribution >= 4 is 33.4 Å². The summed E-state index contributed by atoms with van der Waals surface area (Å²) in [7, 11) is 3.95. The van der Waals surface area contributed by atoms with Crippen molar-refractivity contribution in [3.63, 3.8) is 0 Å². The van der Waals surface area contributed by atoms with E-state index in [1.807, 2.05) is 6.07 Å². The second-order valence-electron chi connectivity index (χ2n) is 9.64. The van der Waals surface area contributed by atoms with Crippen molar-refractivity contribution in [3.8, 4) is 34.1 Å². The van der Waals surface area contributed by atoms with Gasteiger partial charge in [0.05, 0.1) is 45.0 Å². The minimum atomic E-state index is -4.02. The van der Waals surface area contributed by atoms with E-state index in [4.69, 9.17) is 18.9 Å². The van der Waals surface area contributed by atoms with Gasteiger partial charge in [-0.1, -0.05) is 0 Å². The van der Waals surface area contributed by atoms with Crippen molar-refractivity contribution in [1.82, 2.24) is 4.90 Å². The first kappa shape index (κ1) is 30.5. The summed E-state index contributed by atoms with van der Waals surface area (Å²) in [6, 6.07) is 13.1. The van der Waals surface area contributed by atoms with Crippen LogP contribution in [0.2, 0.25) is 0 Å². The van der Waals surface area contributed by atoms with Crippen LogP contribution in [0.3, 0.4) is 0 Å². The van der Waals surface area contributed by atoms with Gasteiger partial charge in [0.2, 0.25) is 0 Å². The number of likely N-dealkylation sites (N-methyl/N-ethyl adjacent to an activating group) is 1. The van der Waals surface area contributed by atoms with Crippen molar-refractivity contribution in [2.45, 2.75) is 0 Å². The van der Waals surface area contributed by atoms with Gasteiger partial charge in [-0.3, -0.25) is 4.72 Å². The number of carboxylic acid groups (broad SMARTS) is 1. The predicted molar refractivity (Wildman–Crippen MR) is 163 cm³/mol. The summed E-state index contributed by atoms with van der Waals surface area (Å²) in [5.74, 6) is 0.522. The van der Waals surface area contributed by atoms with Gasteiger partial charge in [-0.2, -0.15) is 0 Å². The predicted octanol–water partition coefficient (Wildman–Crippen LogP) is 4.25. The van der Waals surface area contributed by atoms with Crippen molar-refractivity contribution in [2.75, 3.05) is 71.3 Å². The van der Waals surface area contributed by atoms with Gasteiger partial charge in [-0.15, -0.1) is 0 Å². The fourth-order valence-electron chi connectivity index (χ4n) is 4.74. The lowest BCUT2D eigenvalue weighted by Gasteiger charge is -2.34. The highest BCUT2D eigenvalue weighted by Gasteiger charge is 2.21. The number of carbonyl (C=O) groups is 1. The third-order valence-corrected chi connectivity index (χ3v) is 8.03. The number of hydrogen-bond acceptors (Lipinski definition) is 9. The number of anilines is 2. The van der Waals surface area contributed by atoms with E-state index < -0.39 is 16.0 Å². The Morgan fingerprint density at radius 1 is 0.833 bits per heavy atom. The molecule has 0 saturated carbocycles. The molecule has 0 aromatic heterocycles. The quantitative estimate of drug-likeness (QED) is 0.331. The van der Waals surface area contributed by atoms with Crippen molar-refractivity contribution < 1.29 is 37.3 Å². The first-order valence-electron chi connectivity index (χ1n) is 13.1. The third kappa shape index (κ3) is 6.89. The van der Waals surface area contributed by atoms with E-state index in [9.17, 15) is 18.3 Å². The highest BCUT2D eigenvalue weighted by molar-refractivity contribution is 7.95. The monoisotopic (exact) mass is 597 g/mol. The van der Waals surface area contributed by atoms with Gasteiger partial charge < -0.3 is 33.9 Å². The smallest absolute Gasteiger partial charge is 0.336 e. The fourth-order valence-corrected chi connectivity index (χ4v) is 5.58. The van der Waals surface area contributed by atoms with E-state index in [1.165, 1.54) is 34.5 Å². The molecule has 0 amide bonds. The topological polar surface area (TPSA) is 127 Å².